The van der Waals surface area contributed by atoms with Crippen LogP contribution in [0, 0.1) is 0 Å². The highest BCUT2D eigenvalue weighted by atomic mass is 16.5. The summed E-state index contributed by atoms with van der Waals surface area (Å²) in [6.07, 6.45) is 3.41. The number of hydrogen-bond donors (Lipinski definition) is 3. The Kier molecular flexibility index (Phi) is 7.55. The number of aromatic nitrogens is 1. The third-order valence-corrected chi connectivity index (χ3v) is 5.67. The lowest BCUT2D eigenvalue weighted by molar-refractivity contribution is -0.117. The van der Waals surface area contributed by atoms with Crippen molar-refractivity contribution in [2.75, 3.05) is 21.3 Å². The van der Waals surface area contributed by atoms with E-state index in [0.717, 1.165) is 22.0 Å². The van der Waals surface area contributed by atoms with Gasteiger partial charge in [-0.3, -0.25) is 9.59 Å². The molecule has 0 spiro atoms. The molecule has 0 radical (unpaired) electrons. The van der Waals surface area contributed by atoms with Crippen LogP contribution in [0.15, 0.2) is 78.6 Å². The summed E-state index contributed by atoms with van der Waals surface area (Å²) in [5, 5.41) is 6.48. The van der Waals surface area contributed by atoms with Crippen LogP contribution < -0.4 is 24.8 Å². The Bertz CT molecular complexity index is 1410. The summed E-state index contributed by atoms with van der Waals surface area (Å²) in [6.45, 7) is 0.166. The Morgan fingerprint density at radius 2 is 1.72 bits per heavy atom. The molecule has 184 valence electrons. The number of carbonyl (C=O) groups excluding carboxylic acids is 2. The molecule has 0 aliphatic rings. The number of para-hydroxylation sites is 1. The Labute approximate surface area is 208 Å². The number of amides is 2. The summed E-state index contributed by atoms with van der Waals surface area (Å²) in [5.74, 6) is 0.920. The maximum absolute atomic E-state index is 13.3. The molecule has 0 aliphatic heterocycles. The number of aromatic amines is 1. The van der Waals surface area contributed by atoms with Crippen molar-refractivity contribution in [3.8, 4) is 17.2 Å². The largest absolute Gasteiger partial charge is 0.497 e. The number of rotatable bonds is 9. The average molecular weight is 486 g/mol. The highest BCUT2D eigenvalue weighted by molar-refractivity contribution is 6.06. The molecule has 8 heteroatoms. The molecule has 1 heterocycles. The fraction of sp³-hybridized carbons (Fsp3) is 0.143. The fourth-order valence-electron chi connectivity index (χ4n) is 3.83. The van der Waals surface area contributed by atoms with Crippen molar-refractivity contribution in [2.45, 2.75) is 6.54 Å². The molecule has 0 bridgehead atoms. The molecule has 0 fully saturated rings. The number of hydrogen-bond acceptors (Lipinski definition) is 5. The van der Waals surface area contributed by atoms with Gasteiger partial charge >= 0.3 is 0 Å². The number of carbonyl (C=O) groups is 2. The minimum atomic E-state index is -0.457. The van der Waals surface area contributed by atoms with Crippen LogP contribution in [0.4, 0.5) is 0 Å². The molecular weight excluding hydrogens is 458 g/mol. The summed E-state index contributed by atoms with van der Waals surface area (Å²) >= 11 is 0. The van der Waals surface area contributed by atoms with Crippen LogP contribution in [0.3, 0.4) is 0 Å². The zero-order valence-electron chi connectivity index (χ0n) is 20.3. The lowest BCUT2D eigenvalue weighted by Crippen LogP contribution is -2.34. The van der Waals surface area contributed by atoms with Gasteiger partial charge in [-0.1, -0.05) is 30.3 Å². The summed E-state index contributed by atoms with van der Waals surface area (Å²) in [5.41, 5.74) is 2.86. The molecular formula is C28H27N3O5. The van der Waals surface area contributed by atoms with Crippen molar-refractivity contribution in [3.63, 3.8) is 0 Å². The van der Waals surface area contributed by atoms with Crippen molar-refractivity contribution in [1.82, 2.24) is 15.6 Å². The first-order valence-electron chi connectivity index (χ1n) is 11.2. The molecule has 4 rings (SSSR count). The van der Waals surface area contributed by atoms with Crippen LogP contribution >= 0.6 is 0 Å². The Hall–Kier alpha value is -4.72. The predicted octanol–water partition coefficient (Wildman–Crippen LogP) is 4.28. The Balaban J connectivity index is 1.65. The van der Waals surface area contributed by atoms with Gasteiger partial charge in [-0.25, -0.2) is 0 Å². The van der Waals surface area contributed by atoms with Gasteiger partial charge in [0, 0.05) is 40.3 Å². The van der Waals surface area contributed by atoms with Crippen LogP contribution in [0.25, 0.3) is 17.0 Å². The van der Waals surface area contributed by atoms with E-state index < -0.39 is 11.8 Å². The van der Waals surface area contributed by atoms with E-state index in [2.05, 4.69) is 15.6 Å². The van der Waals surface area contributed by atoms with Crippen LogP contribution in [0.5, 0.6) is 17.2 Å². The monoisotopic (exact) mass is 485 g/mol. The van der Waals surface area contributed by atoms with Gasteiger partial charge in [0.15, 0.2) is 11.5 Å². The molecule has 3 aromatic carbocycles. The maximum atomic E-state index is 13.3. The number of benzene rings is 3. The van der Waals surface area contributed by atoms with Crippen LogP contribution in [0.2, 0.25) is 0 Å². The molecule has 8 nitrogen and oxygen atoms in total. The first-order chi connectivity index (χ1) is 17.5. The zero-order chi connectivity index (χ0) is 25.5. The van der Waals surface area contributed by atoms with Crippen molar-refractivity contribution >= 4 is 28.8 Å². The first kappa shape index (κ1) is 24.4. The van der Waals surface area contributed by atoms with Gasteiger partial charge in [-0.15, -0.1) is 0 Å². The van der Waals surface area contributed by atoms with Gasteiger partial charge < -0.3 is 29.8 Å². The number of fused-ring (bicyclic) bond motifs is 1. The van der Waals surface area contributed by atoms with Gasteiger partial charge in [0.2, 0.25) is 0 Å². The van der Waals surface area contributed by atoms with Crippen LogP contribution in [-0.2, 0) is 11.3 Å². The van der Waals surface area contributed by atoms with Gasteiger partial charge in [-0.2, -0.15) is 0 Å². The minimum Gasteiger partial charge on any atom is -0.497 e. The number of H-pyrrole nitrogens is 1. The SMILES string of the molecule is COc1ccc2[nH]cc(/C=C(\NC(=O)c3ccccc3)C(=O)NCc3cccc(OC)c3OC)c2c1. The van der Waals surface area contributed by atoms with E-state index in [-0.39, 0.29) is 12.2 Å². The molecule has 1 aromatic heterocycles. The molecule has 0 saturated heterocycles. The summed E-state index contributed by atoms with van der Waals surface area (Å²) in [4.78, 5) is 29.4. The summed E-state index contributed by atoms with van der Waals surface area (Å²) in [7, 11) is 4.69. The highest BCUT2D eigenvalue weighted by Crippen LogP contribution is 2.30. The molecule has 2 amide bonds. The second kappa shape index (κ2) is 11.1. The maximum Gasteiger partial charge on any atom is 0.268 e. The second-order valence-electron chi connectivity index (χ2n) is 7.87. The molecule has 4 aromatic rings. The average Bonchev–Trinajstić information content (AvgIpc) is 3.33. The predicted molar refractivity (Wildman–Crippen MR) is 138 cm³/mol. The van der Waals surface area contributed by atoms with Gasteiger partial charge in [0.25, 0.3) is 11.8 Å². The third-order valence-electron chi connectivity index (χ3n) is 5.67. The van der Waals surface area contributed by atoms with E-state index in [1.54, 1.807) is 63.9 Å². The van der Waals surface area contributed by atoms with E-state index in [1.807, 2.05) is 36.4 Å². The first-order valence-corrected chi connectivity index (χ1v) is 11.2. The number of ether oxygens (including phenoxy) is 3. The third kappa shape index (κ3) is 5.33. The van der Waals surface area contributed by atoms with Gasteiger partial charge in [0.1, 0.15) is 11.4 Å². The van der Waals surface area contributed by atoms with Crippen molar-refractivity contribution in [2.24, 2.45) is 0 Å². The fourth-order valence-corrected chi connectivity index (χ4v) is 3.83. The lowest BCUT2D eigenvalue weighted by atomic mass is 10.1. The van der Waals surface area contributed by atoms with Crippen molar-refractivity contribution < 1.29 is 23.8 Å². The molecule has 0 aliphatic carbocycles. The van der Waals surface area contributed by atoms with E-state index >= 15 is 0 Å². The lowest BCUT2D eigenvalue weighted by Gasteiger charge is -2.14. The standard InChI is InChI=1S/C28H27N3O5/c1-34-21-12-13-23-22(15-21)20(17-29-23)14-24(31-27(32)18-8-5-4-6-9-18)28(33)30-16-19-10-7-11-25(35-2)26(19)36-3/h4-15,17,29H,16H2,1-3H3,(H,30,33)(H,31,32)/b24-14-. The summed E-state index contributed by atoms with van der Waals surface area (Å²) in [6, 6.07) is 19.7. The molecule has 36 heavy (non-hydrogen) atoms. The highest BCUT2D eigenvalue weighted by Gasteiger charge is 2.17. The normalized spacial score (nSPS) is 11.1. The molecule has 0 unspecified atom stereocenters. The van der Waals surface area contributed by atoms with E-state index in [1.165, 1.54) is 0 Å². The van der Waals surface area contributed by atoms with E-state index in [0.29, 0.717) is 22.8 Å². The quantitative estimate of drug-likeness (QED) is 0.307. The minimum absolute atomic E-state index is 0.0921. The topological polar surface area (TPSA) is 102 Å². The van der Waals surface area contributed by atoms with E-state index in [9.17, 15) is 9.59 Å². The van der Waals surface area contributed by atoms with E-state index in [4.69, 9.17) is 14.2 Å². The molecule has 0 saturated carbocycles. The Morgan fingerprint density at radius 1 is 0.917 bits per heavy atom. The van der Waals surface area contributed by atoms with Gasteiger partial charge in [-0.05, 0) is 42.5 Å². The van der Waals surface area contributed by atoms with Crippen LogP contribution in [0.1, 0.15) is 21.5 Å². The van der Waals surface area contributed by atoms with Gasteiger partial charge in [0.05, 0.1) is 21.3 Å². The zero-order valence-corrected chi connectivity index (χ0v) is 20.3. The number of nitrogens with one attached hydrogen (secondary N) is 3. The Morgan fingerprint density at radius 3 is 2.44 bits per heavy atom. The van der Waals surface area contributed by atoms with Crippen LogP contribution in [-0.4, -0.2) is 38.1 Å². The van der Waals surface area contributed by atoms with Crippen molar-refractivity contribution in [1.29, 1.82) is 0 Å². The second-order valence-corrected chi connectivity index (χ2v) is 7.87. The molecule has 3 N–H and O–H groups in total. The molecule has 0 atom stereocenters. The summed E-state index contributed by atoms with van der Waals surface area (Å²) < 4.78 is 16.1. The number of methoxy groups -OCH3 is 3. The smallest absolute Gasteiger partial charge is 0.268 e. The van der Waals surface area contributed by atoms with Crippen molar-refractivity contribution in [3.05, 3.63) is 95.3 Å².